The summed E-state index contributed by atoms with van der Waals surface area (Å²) in [5.41, 5.74) is -0.437. The van der Waals surface area contributed by atoms with Crippen molar-refractivity contribution in [3.05, 3.63) is 58.0 Å². The van der Waals surface area contributed by atoms with E-state index in [4.69, 9.17) is 4.52 Å². The molecule has 3 heterocycles. The number of carbonyl (C=O) groups is 1. The van der Waals surface area contributed by atoms with Crippen LogP contribution in [0.4, 0.5) is 26.6 Å². The molecule has 0 radical (unpaired) electrons. The maximum Gasteiger partial charge on any atom is 0.325 e. The second-order valence-corrected chi connectivity index (χ2v) is 9.04. The summed E-state index contributed by atoms with van der Waals surface area (Å²) in [4.78, 5) is 34.1. The average Bonchev–Trinajstić information content (AvgIpc) is 3.31. The van der Waals surface area contributed by atoms with Gasteiger partial charge in [-0.3, -0.25) is 14.7 Å². The number of aryl methyl sites for hydroxylation is 1. The summed E-state index contributed by atoms with van der Waals surface area (Å²) in [7, 11) is 3.19. The molecule has 184 valence electrons. The summed E-state index contributed by atoms with van der Waals surface area (Å²) >= 11 is 0. The van der Waals surface area contributed by atoms with Crippen LogP contribution >= 0.6 is 0 Å². The van der Waals surface area contributed by atoms with Crippen molar-refractivity contribution in [2.45, 2.75) is 26.2 Å². The van der Waals surface area contributed by atoms with E-state index in [1.165, 1.54) is 29.9 Å². The lowest BCUT2D eigenvalue weighted by atomic mass is 9.93. The highest BCUT2D eigenvalue weighted by molar-refractivity contribution is 6.00. The second-order valence-electron chi connectivity index (χ2n) is 9.04. The number of carbonyl (C=O) groups excluding carboxylic acids is 1. The zero-order valence-corrected chi connectivity index (χ0v) is 20.2. The van der Waals surface area contributed by atoms with Crippen LogP contribution in [0.2, 0.25) is 0 Å². The second kappa shape index (κ2) is 9.10. The number of nitrogens with one attached hydrogen (secondary N) is 3. The molecule has 0 fully saturated rings. The van der Waals surface area contributed by atoms with E-state index in [9.17, 15) is 19.2 Å². The molecular formula is C24H23FN8O3. The number of urea groups is 1. The summed E-state index contributed by atoms with van der Waals surface area (Å²) in [5, 5.41) is 21.6. The number of fused-ring (bicyclic) bond motifs is 1. The molecule has 4 rings (SSSR count). The molecule has 4 aromatic rings. The quantitative estimate of drug-likeness (QED) is 0.389. The molecule has 0 atom stereocenters. The number of aromatic nitrogens is 4. The van der Waals surface area contributed by atoms with Gasteiger partial charge in [0.05, 0.1) is 17.3 Å². The van der Waals surface area contributed by atoms with Crippen molar-refractivity contribution in [2.75, 3.05) is 23.0 Å². The van der Waals surface area contributed by atoms with Crippen molar-refractivity contribution < 1.29 is 13.7 Å². The van der Waals surface area contributed by atoms with Crippen molar-refractivity contribution in [1.29, 1.82) is 5.26 Å². The molecule has 0 spiro atoms. The molecule has 1 aromatic carbocycles. The molecule has 0 aliphatic carbocycles. The molecule has 36 heavy (non-hydrogen) atoms. The third-order valence-electron chi connectivity index (χ3n) is 5.43. The van der Waals surface area contributed by atoms with Crippen LogP contribution < -0.4 is 21.5 Å². The van der Waals surface area contributed by atoms with Crippen LogP contribution in [0.25, 0.3) is 22.2 Å². The third-order valence-corrected chi connectivity index (χ3v) is 5.43. The monoisotopic (exact) mass is 490 g/mol. The fourth-order valence-electron chi connectivity index (χ4n) is 3.50. The summed E-state index contributed by atoms with van der Waals surface area (Å²) in [6.45, 7) is 5.77. The molecule has 0 aliphatic heterocycles. The lowest BCUT2D eigenvalue weighted by Gasteiger charge is -2.13. The Bertz CT molecular complexity index is 1590. The number of pyridine rings is 1. The van der Waals surface area contributed by atoms with E-state index >= 15 is 0 Å². The van der Waals surface area contributed by atoms with E-state index in [0.717, 1.165) is 6.07 Å². The van der Waals surface area contributed by atoms with E-state index in [-0.39, 0.29) is 33.6 Å². The van der Waals surface area contributed by atoms with Crippen LogP contribution in [0.1, 0.15) is 32.1 Å². The molecule has 0 saturated heterocycles. The fraction of sp³-hybridized carbons (Fsp3) is 0.250. The average molecular weight is 490 g/mol. The molecule has 3 N–H and O–H groups in total. The van der Waals surface area contributed by atoms with Gasteiger partial charge >= 0.3 is 6.03 Å². The van der Waals surface area contributed by atoms with Crippen molar-refractivity contribution in [1.82, 2.24) is 19.7 Å². The lowest BCUT2D eigenvalue weighted by molar-refractivity contribution is 0.261. The first-order valence-electron chi connectivity index (χ1n) is 10.9. The standard InChI is InChI=1S/C24H23FN8O3/c1-24(2,3)18-9-19(32-36-18)30-23(35)29-17-8-14(12(10-26)7-16(17)25)15-6-13-11-28-22(27-4)31-20(13)33(5)21(15)34/h6-9,11H,1-5H3,(H,27,28,31)(H2,29,30,32,35). The van der Waals surface area contributed by atoms with Crippen LogP contribution in [0.15, 0.2) is 39.8 Å². The van der Waals surface area contributed by atoms with Crippen LogP contribution in [0, 0.1) is 17.1 Å². The van der Waals surface area contributed by atoms with E-state index in [1.807, 2.05) is 26.8 Å². The van der Waals surface area contributed by atoms with Gasteiger partial charge in [0, 0.05) is 48.3 Å². The normalized spacial score (nSPS) is 11.2. The van der Waals surface area contributed by atoms with Gasteiger partial charge in [0.25, 0.3) is 5.56 Å². The molecule has 3 aromatic heterocycles. The number of hydrogen-bond donors (Lipinski definition) is 3. The Morgan fingerprint density at radius 3 is 2.56 bits per heavy atom. The Morgan fingerprint density at radius 1 is 1.17 bits per heavy atom. The minimum atomic E-state index is -0.847. The first-order chi connectivity index (χ1) is 17.0. The van der Waals surface area contributed by atoms with E-state index < -0.39 is 17.4 Å². The smallest absolute Gasteiger partial charge is 0.325 e. The SMILES string of the molecule is CNc1ncc2cc(-c3cc(NC(=O)Nc4cc(C(C)(C)C)on4)c(F)cc3C#N)c(=O)n(C)c2n1. The summed E-state index contributed by atoms with van der Waals surface area (Å²) in [6, 6.07) is 6.42. The van der Waals surface area contributed by atoms with E-state index in [1.54, 1.807) is 13.1 Å². The zero-order chi connectivity index (χ0) is 26.2. The van der Waals surface area contributed by atoms with E-state index in [2.05, 4.69) is 31.1 Å². The highest BCUT2D eigenvalue weighted by atomic mass is 19.1. The Labute approximate surface area is 205 Å². The molecule has 0 saturated carbocycles. The predicted octanol–water partition coefficient (Wildman–Crippen LogP) is 3.98. The lowest BCUT2D eigenvalue weighted by Crippen LogP contribution is -2.22. The Hall–Kier alpha value is -4.79. The van der Waals surface area contributed by atoms with E-state index in [0.29, 0.717) is 22.7 Å². The van der Waals surface area contributed by atoms with Crippen LogP contribution in [0.3, 0.4) is 0 Å². The molecular weight excluding hydrogens is 467 g/mol. The van der Waals surface area contributed by atoms with Crippen molar-refractivity contribution in [2.24, 2.45) is 7.05 Å². The number of rotatable bonds is 4. The van der Waals surface area contributed by atoms with Gasteiger partial charge in [-0.2, -0.15) is 10.2 Å². The van der Waals surface area contributed by atoms with Gasteiger partial charge in [0.2, 0.25) is 5.95 Å². The number of nitriles is 1. The number of anilines is 3. The highest BCUT2D eigenvalue weighted by Gasteiger charge is 2.21. The highest BCUT2D eigenvalue weighted by Crippen LogP contribution is 2.29. The van der Waals surface area contributed by atoms with Crippen molar-refractivity contribution >= 4 is 34.5 Å². The molecule has 2 amide bonds. The van der Waals surface area contributed by atoms with Crippen molar-refractivity contribution in [3.8, 4) is 17.2 Å². The number of hydrogen-bond acceptors (Lipinski definition) is 8. The Morgan fingerprint density at radius 2 is 1.92 bits per heavy atom. The summed E-state index contributed by atoms with van der Waals surface area (Å²) < 4.78 is 21.3. The fourth-order valence-corrected chi connectivity index (χ4v) is 3.50. The number of benzene rings is 1. The predicted molar refractivity (Wildman–Crippen MR) is 132 cm³/mol. The first kappa shape index (κ1) is 24.3. The van der Waals surface area contributed by atoms with Gasteiger partial charge in [-0.25, -0.2) is 14.2 Å². The molecule has 0 unspecified atom stereocenters. The molecule has 0 bridgehead atoms. The van der Waals surface area contributed by atoms with Gasteiger partial charge in [-0.05, 0) is 18.2 Å². The van der Waals surface area contributed by atoms with Gasteiger partial charge < -0.3 is 15.2 Å². The van der Waals surface area contributed by atoms with Crippen LogP contribution in [0.5, 0.6) is 0 Å². The largest absolute Gasteiger partial charge is 0.359 e. The topological polar surface area (TPSA) is 151 Å². The summed E-state index contributed by atoms with van der Waals surface area (Å²) in [6.07, 6.45) is 1.53. The van der Waals surface area contributed by atoms with Crippen LogP contribution in [-0.4, -0.2) is 32.8 Å². The third kappa shape index (κ3) is 4.58. The van der Waals surface area contributed by atoms with Crippen LogP contribution in [-0.2, 0) is 12.5 Å². The molecule has 11 nitrogen and oxygen atoms in total. The first-order valence-corrected chi connectivity index (χ1v) is 10.9. The number of amides is 2. The maximum atomic E-state index is 14.8. The van der Waals surface area contributed by atoms with Crippen molar-refractivity contribution in [3.63, 3.8) is 0 Å². The summed E-state index contributed by atoms with van der Waals surface area (Å²) in [5.74, 6) is 0.197. The molecule has 12 heteroatoms. The van der Waals surface area contributed by atoms with Gasteiger partial charge in [-0.15, -0.1) is 0 Å². The Balaban J connectivity index is 1.71. The zero-order valence-electron chi connectivity index (χ0n) is 20.2. The maximum absolute atomic E-state index is 14.8. The number of nitrogens with zero attached hydrogens (tertiary/aromatic N) is 5. The van der Waals surface area contributed by atoms with Gasteiger partial charge in [-0.1, -0.05) is 25.9 Å². The van der Waals surface area contributed by atoms with Gasteiger partial charge in [0.15, 0.2) is 5.82 Å². The Kier molecular flexibility index (Phi) is 6.15. The molecule has 0 aliphatic rings. The number of halogens is 1. The minimum Gasteiger partial charge on any atom is -0.359 e. The minimum absolute atomic E-state index is 0.0750. The van der Waals surface area contributed by atoms with Gasteiger partial charge in [0.1, 0.15) is 17.2 Å².